The van der Waals surface area contributed by atoms with E-state index >= 15 is 0 Å². The molecule has 2 amide bonds. The first-order valence-electron chi connectivity index (χ1n) is 12.0. The number of benzene rings is 1. The van der Waals surface area contributed by atoms with Gasteiger partial charge >= 0.3 is 0 Å². The van der Waals surface area contributed by atoms with E-state index in [1.165, 1.54) is 6.08 Å². The predicted molar refractivity (Wildman–Crippen MR) is 137 cm³/mol. The van der Waals surface area contributed by atoms with Crippen LogP contribution in [0.5, 0.6) is 0 Å². The lowest BCUT2D eigenvalue weighted by atomic mass is 10.1. The van der Waals surface area contributed by atoms with Crippen molar-refractivity contribution in [2.24, 2.45) is 0 Å². The van der Waals surface area contributed by atoms with E-state index in [9.17, 15) is 14.7 Å². The number of carbonyl (C=O) groups is 2. The summed E-state index contributed by atoms with van der Waals surface area (Å²) in [5, 5.41) is 11.6. The molecule has 188 valence electrons. The second kappa shape index (κ2) is 12.4. The molecule has 0 aliphatic carbocycles. The summed E-state index contributed by atoms with van der Waals surface area (Å²) in [5.74, 6) is -0.181. The van der Waals surface area contributed by atoms with Crippen LogP contribution in [0.3, 0.4) is 0 Å². The van der Waals surface area contributed by atoms with Gasteiger partial charge in [-0.25, -0.2) is 0 Å². The fraction of sp³-hybridized carbons (Fsp3) is 0.600. The normalized spacial score (nSPS) is 22.0. The van der Waals surface area contributed by atoms with Crippen LogP contribution >= 0.6 is 23.2 Å². The molecule has 0 radical (unpaired) electrons. The Labute approximate surface area is 212 Å². The van der Waals surface area contributed by atoms with E-state index in [2.05, 4.69) is 30.6 Å². The number of halogens is 2. The minimum atomic E-state index is -0.612. The number of β-amino-alcohol motifs (C(OH)–C–C–N with tert-alkyl or cyclic N) is 1. The first-order valence-corrected chi connectivity index (χ1v) is 12.8. The summed E-state index contributed by atoms with van der Waals surface area (Å²) < 4.78 is 0. The van der Waals surface area contributed by atoms with Crippen LogP contribution in [0.2, 0.25) is 10.0 Å². The Kier molecular flexibility index (Phi) is 9.80. The largest absolute Gasteiger partial charge is 0.390 e. The van der Waals surface area contributed by atoms with E-state index in [0.717, 1.165) is 25.2 Å². The van der Waals surface area contributed by atoms with Crippen molar-refractivity contribution in [1.29, 1.82) is 0 Å². The zero-order valence-electron chi connectivity index (χ0n) is 20.3. The Morgan fingerprint density at radius 2 is 1.88 bits per heavy atom. The van der Waals surface area contributed by atoms with Crippen molar-refractivity contribution in [3.8, 4) is 0 Å². The molecule has 2 saturated heterocycles. The molecule has 2 fully saturated rings. The lowest BCUT2D eigenvalue weighted by Crippen LogP contribution is -2.56. The van der Waals surface area contributed by atoms with Crippen LogP contribution in [0.4, 0.5) is 0 Å². The maximum atomic E-state index is 12.7. The van der Waals surface area contributed by atoms with Gasteiger partial charge in [0.15, 0.2) is 0 Å². The molecule has 0 bridgehead atoms. The molecule has 2 unspecified atom stereocenters. The number of rotatable bonds is 7. The number of nitrogens with zero attached hydrogens (tertiary/aromatic N) is 4. The maximum Gasteiger partial charge on any atom is 0.246 e. The highest BCUT2D eigenvalue weighted by Crippen LogP contribution is 2.23. The van der Waals surface area contributed by atoms with E-state index in [1.54, 1.807) is 34.1 Å². The predicted octanol–water partition coefficient (Wildman–Crippen LogP) is 2.84. The zero-order valence-corrected chi connectivity index (χ0v) is 21.8. The molecule has 7 nitrogen and oxygen atoms in total. The number of amides is 2. The van der Waals surface area contributed by atoms with E-state index < -0.39 is 6.10 Å². The summed E-state index contributed by atoms with van der Waals surface area (Å²) in [5.41, 5.74) is 0.780. The van der Waals surface area contributed by atoms with Crippen LogP contribution in [-0.4, -0.2) is 107 Å². The Balaban J connectivity index is 1.48. The van der Waals surface area contributed by atoms with Gasteiger partial charge in [0.2, 0.25) is 11.8 Å². The number of carbonyl (C=O) groups excluding carboxylic acids is 2. The molecule has 0 aromatic heterocycles. The third kappa shape index (κ3) is 7.43. The lowest BCUT2D eigenvalue weighted by molar-refractivity contribution is -0.132. The average Bonchev–Trinajstić information content (AvgIpc) is 2.96. The van der Waals surface area contributed by atoms with E-state index in [-0.39, 0.29) is 18.2 Å². The van der Waals surface area contributed by atoms with Crippen molar-refractivity contribution < 1.29 is 14.7 Å². The van der Waals surface area contributed by atoms with E-state index in [1.807, 2.05) is 0 Å². The Bertz CT molecular complexity index is 895. The quantitative estimate of drug-likeness (QED) is 0.571. The summed E-state index contributed by atoms with van der Waals surface area (Å²) in [6, 6.07) is 6.13. The van der Waals surface area contributed by atoms with Gasteiger partial charge in [0.05, 0.1) is 16.1 Å². The summed E-state index contributed by atoms with van der Waals surface area (Å²) in [7, 11) is 0. The molecule has 1 N–H and O–H groups in total. The highest BCUT2D eigenvalue weighted by atomic mass is 35.5. The molecular weight excluding hydrogens is 475 g/mol. The van der Waals surface area contributed by atoms with Crippen LogP contribution in [0, 0.1) is 0 Å². The highest BCUT2D eigenvalue weighted by Gasteiger charge is 2.28. The minimum Gasteiger partial charge on any atom is -0.390 e. The van der Waals surface area contributed by atoms with Gasteiger partial charge in [0.25, 0.3) is 0 Å². The summed E-state index contributed by atoms with van der Waals surface area (Å²) in [6.07, 6.45) is 2.83. The van der Waals surface area contributed by atoms with Crippen molar-refractivity contribution in [1.82, 2.24) is 19.6 Å². The van der Waals surface area contributed by atoms with Crippen LogP contribution in [0.15, 0.2) is 24.3 Å². The third-order valence-electron chi connectivity index (χ3n) is 6.59. The molecule has 2 atom stereocenters. The van der Waals surface area contributed by atoms with Gasteiger partial charge in [-0.1, -0.05) is 29.3 Å². The number of hydrogen-bond donors (Lipinski definition) is 1. The fourth-order valence-electron chi connectivity index (χ4n) is 4.76. The second-order valence-electron chi connectivity index (χ2n) is 9.52. The third-order valence-corrected chi connectivity index (χ3v) is 7.33. The Morgan fingerprint density at radius 1 is 1.12 bits per heavy atom. The molecule has 1 aromatic carbocycles. The molecule has 2 aliphatic heterocycles. The van der Waals surface area contributed by atoms with E-state index in [0.29, 0.717) is 54.9 Å². The monoisotopic (exact) mass is 510 g/mol. The number of aliphatic hydroxyl groups is 1. The molecule has 3 rings (SSSR count). The standard InChI is InChI=1S/C25H36Cl2N4O3/c1-18(2)31-13-10-28(15-19(31)3)16-21(32)17-30-12-11-29(9-8-25(30)34)24(33)7-5-20-4-6-22(26)23(27)14-20/h4-7,14,18-19,21,32H,8-13,15-17H2,1-3H3/b7-5+. The van der Waals surface area contributed by atoms with Gasteiger partial charge in [-0.3, -0.25) is 19.4 Å². The molecule has 2 heterocycles. The first-order chi connectivity index (χ1) is 16.1. The molecule has 0 spiro atoms. The topological polar surface area (TPSA) is 67.3 Å². The molecule has 2 aliphatic rings. The number of piperazine rings is 1. The average molecular weight is 511 g/mol. The van der Waals surface area contributed by atoms with Gasteiger partial charge < -0.3 is 14.9 Å². The van der Waals surface area contributed by atoms with Crippen molar-refractivity contribution in [2.75, 3.05) is 52.4 Å². The number of hydrogen-bond acceptors (Lipinski definition) is 5. The van der Waals surface area contributed by atoms with Gasteiger partial charge in [0, 0.05) is 76.9 Å². The number of aliphatic hydroxyl groups excluding tert-OH is 1. The van der Waals surface area contributed by atoms with Crippen LogP contribution < -0.4 is 0 Å². The summed E-state index contributed by atoms with van der Waals surface area (Å²) in [4.78, 5) is 33.4. The lowest BCUT2D eigenvalue weighted by Gasteiger charge is -2.42. The summed E-state index contributed by atoms with van der Waals surface area (Å²) in [6.45, 7) is 11.5. The molecule has 9 heteroatoms. The van der Waals surface area contributed by atoms with Crippen molar-refractivity contribution in [2.45, 2.75) is 45.4 Å². The zero-order chi connectivity index (χ0) is 24.8. The van der Waals surface area contributed by atoms with Crippen LogP contribution in [-0.2, 0) is 9.59 Å². The van der Waals surface area contributed by atoms with Gasteiger partial charge in [0.1, 0.15) is 0 Å². The van der Waals surface area contributed by atoms with Crippen molar-refractivity contribution >= 4 is 41.1 Å². The molecule has 0 saturated carbocycles. The smallest absolute Gasteiger partial charge is 0.246 e. The van der Waals surface area contributed by atoms with Crippen molar-refractivity contribution in [3.63, 3.8) is 0 Å². The first kappa shape index (κ1) is 27.0. The van der Waals surface area contributed by atoms with Gasteiger partial charge in [-0.15, -0.1) is 0 Å². The van der Waals surface area contributed by atoms with Gasteiger partial charge in [-0.05, 0) is 44.5 Å². The molecule has 34 heavy (non-hydrogen) atoms. The van der Waals surface area contributed by atoms with Crippen molar-refractivity contribution in [3.05, 3.63) is 39.9 Å². The Morgan fingerprint density at radius 3 is 2.56 bits per heavy atom. The molecular formula is C25H36Cl2N4O3. The maximum absolute atomic E-state index is 12.7. The fourth-order valence-corrected chi connectivity index (χ4v) is 5.07. The van der Waals surface area contributed by atoms with Crippen LogP contribution in [0.25, 0.3) is 6.08 Å². The Hall–Kier alpha value is -1.64. The van der Waals surface area contributed by atoms with Gasteiger partial charge in [-0.2, -0.15) is 0 Å². The summed E-state index contributed by atoms with van der Waals surface area (Å²) >= 11 is 12.0. The highest BCUT2D eigenvalue weighted by molar-refractivity contribution is 6.42. The van der Waals surface area contributed by atoms with Crippen LogP contribution in [0.1, 0.15) is 32.8 Å². The SMILES string of the molecule is CC(C)N1CCN(CC(O)CN2CCN(C(=O)/C=C/c3ccc(Cl)c(Cl)c3)CCC2=O)CC1C. The minimum absolute atomic E-state index is 0.0270. The molecule has 1 aromatic rings. The van der Waals surface area contributed by atoms with E-state index in [4.69, 9.17) is 23.2 Å². The second-order valence-corrected chi connectivity index (χ2v) is 10.3.